The summed E-state index contributed by atoms with van der Waals surface area (Å²) in [5.74, 6) is 0. The molecule has 0 unspecified atom stereocenters. The minimum absolute atomic E-state index is 0.106. The van der Waals surface area contributed by atoms with Crippen LogP contribution in [-0.4, -0.2) is 25.2 Å². The Bertz CT molecular complexity index is 657. The molecule has 2 N–H and O–H groups in total. The molecule has 1 aromatic heterocycles. The van der Waals surface area contributed by atoms with Crippen LogP contribution >= 0.6 is 23.2 Å². The third kappa shape index (κ3) is 3.70. The quantitative estimate of drug-likeness (QED) is 0.887. The highest BCUT2D eigenvalue weighted by atomic mass is 35.5. The molecule has 0 radical (unpaired) electrons. The highest BCUT2D eigenvalue weighted by molar-refractivity contribution is 7.89. The van der Waals surface area contributed by atoms with Gasteiger partial charge in [0.15, 0.2) is 0 Å². The Morgan fingerprint density at radius 2 is 2.11 bits per heavy atom. The van der Waals surface area contributed by atoms with Gasteiger partial charge in [-0.05, 0) is 24.1 Å². The summed E-state index contributed by atoms with van der Waals surface area (Å²) in [6, 6.07) is 5.12. The van der Waals surface area contributed by atoms with E-state index in [0.717, 1.165) is 5.56 Å². The van der Waals surface area contributed by atoms with Crippen molar-refractivity contribution in [3.05, 3.63) is 46.2 Å². The van der Waals surface area contributed by atoms with Gasteiger partial charge in [0.2, 0.25) is 10.0 Å². The summed E-state index contributed by atoms with van der Waals surface area (Å²) in [7, 11) is -3.52. The summed E-state index contributed by atoms with van der Waals surface area (Å²) in [5, 5.41) is 7.12. The van der Waals surface area contributed by atoms with Crippen LogP contribution in [0.15, 0.2) is 35.5 Å². The van der Waals surface area contributed by atoms with Crippen LogP contribution in [0.2, 0.25) is 10.0 Å². The van der Waals surface area contributed by atoms with Gasteiger partial charge in [-0.25, -0.2) is 13.1 Å². The molecule has 0 amide bonds. The van der Waals surface area contributed by atoms with Crippen LogP contribution in [-0.2, 0) is 16.4 Å². The zero-order valence-corrected chi connectivity index (χ0v) is 12.1. The van der Waals surface area contributed by atoms with Crippen molar-refractivity contribution in [3.63, 3.8) is 0 Å². The topological polar surface area (TPSA) is 74.8 Å². The van der Waals surface area contributed by atoms with E-state index in [1.807, 2.05) is 0 Å². The van der Waals surface area contributed by atoms with Gasteiger partial charge in [-0.3, -0.25) is 5.10 Å². The van der Waals surface area contributed by atoms with Gasteiger partial charge in [-0.15, -0.1) is 0 Å². The molecule has 0 fully saturated rings. The van der Waals surface area contributed by atoms with Crippen molar-refractivity contribution < 1.29 is 8.42 Å². The van der Waals surface area contributed by atoms with E-state index in [-0.39, 0.29) is 11.4 Å². The second-order valence-electron chi connectivity index (χ2n) is 3.82. The molecule has 0 atom stereocenters. The van der Waals surface area contributed by atoms with Gasteiger partial charge < -0.3 is 0 Å². The number of hydrogen-bond acceptors (Lipinski definition) is 3. The average Bonchev–Trinajstić information content (AvgIpc) is 2.86. The van der Waals surface area contributed by atoms with E-state index < -0.39 is 10.0 Å². The van der Waals surface area contributed by atoms with Crippen LogP contribution in [0.3, 0.4) is 0 Å². The first-order chi connectivity index (χ1) is 8.99. The van der Waals surface area contributed by atoms with E-state index in [1.54, 1.807) is 18.2 Å². The average molecular weight is 320 g/mol. The first-order valence-electron chi connectivity index (χ1n) is 5.41. The molecule has 19 heavy (non-hydrogen) atoms. The van der Waals surface area contributed by atoms with Gasteiger partial charge in [-0.1, -0.05) is 29.3 Å². The van der Waals surface area contributed by atoms with Gasteiger partial charge in [0.05, 0.1) is 6.20 Å². The zero-order valence-electron chi connectivity index (χ0n) is 9.73. The van der Waals surface area contributed by atoms with E-state index in [4.69, 9.17) is 23.2 Å². The Balaban J connectivity index is 1.97. The fourth-order valence-electron chi connectivity index (χ4n) is 1.51. The number of nitrogens with zero attached hydrogens (tertiary/aromatic N) is 1. The number of aromatic amines is 1. The second kappa shape index (κ2) is 5.92. The highest BCUT2D eigenvalue weighted by Crippen LogP contribution is 2.21. The predicted octanol–water partition coefficient (Wildman–Crippen LogP) is 2.24. The van der Waals surface area contributed by atoms with Crippen LogP contribution in [0.25, 0.3) is 0 Å². The van der Waals surface area contributed by atoms with Gasteiger partial charge in [0.25, 0.3) is 0 Å². The zero-order chi connectivity index (χ0) is 13.9. The summed E-state index contributed by atoms with van der Waals surface area (Å²) < 4.78 is 26.1. The normalized spacial score (nSPS) is 11.7. The van der Waals surface area contributed by atoms with E-state index in [1.165, 1.54) is 12.4 Å². The Labute approximate surface area is 121 Å². The number of nitrogens with one attached hydrogen (secondary N) is 2. The van der Waals surface area contributed by atoms with E-state index in [2.05, 4.69) is 14.9 Å². The lowest BCUT2D eigenvalue weighted by Crippen LogP contribution is -2.25. The lowest BCUT2D eigenvalue weighted by molar-refractivity contribution is 0.581. The molecular formula is C11H11Cl2N3O2S. The highest BCUT2D eigenvalue weighted by Gasteiger charge is 2.14. The van der Waals surface area contributed by atoms with Crippen LogP contribution in [0.1, 0.15) is 5.56 Å². The molecule has 1 aromatic carbocycles. The summed E-state index contributed by atoms with van der Waals surface area (Å²) in [6.07, 6.45) is 3.04. The van der Waals surface area contributed by atoms with Gasteiger partial charge >= 0.3 is 0 Å². The van der Waals surface area contributed by atoms with Crippen LogP contribution in [0.5, 0.6) is 0 Å². The molecule has 0 saturated carbocycles. The standard InChI is InChI=1S/C11H11Cl2N3O2S/c12-9-2-1-8(11(13)5-9)3-4-16-19(17,18)10-6-14-15-7-10/h1-2,5-7,16H,3-4H2,(H,14,15). The SMILES string of the molecule is O=S(=O)(NCCc1ccc(Cl)cc1Cl)c1cn[nH]c1. The number of sulfonamides is 1. The molecule has 0 aliphatic rings. The molecule has 2 rings (SSSR count). The van der Waals surface area contributed by atoms with Crippen molar-refractivity contribution in [2.75, 3.05) is 6.54 Å². The number of H-pyrrole nitrogens is 1. The third-order valence-corrected chi connectivity index (χ3v) is 4.50. The van der Waals surface area contributed by atoms with Crippen LogP contribution < -0.4 is 4.72 Å². The molecule has 5 nitrogen and oxygen atoms in total. The maximum Gasteiger partial charge on any atom is 0.243 e. The minimum Gasteiger partial charge on any atom is -0.284 e. The molecule has 1 heterocycles. The molecule has 0 aliphatic heterocycles. The van der Waals surface area contributed by atoms with Gasteiger partial charge in [0, 0.05) is 22.8 Å². The Morgan fingerprint density at radius 1 is 1.32 bits per heavy atom. The molecule has 2 aromatic rings. The third-order valence-electron chi connectivity index (χ3n) is 2.48. The van der Waals surface area contributed by atoms with Gasteiger partial charge in [0.1, 0.15) is 4.90 Å². The maximum atomic E-state index is 11.8. The predicted molar refractivity (Wildman–Crippen MR) is 73.9 cm³/mol. The summed E-state index contributed by atoms with van der Waals surface area (Å²) in [4.78, 5) is 0.106. The van der Waals surface area contributed by atoms with Crippen molar-refractivity contribution in [2.24, 2.45) is 0 Å². The number of halogens is 2. The minimum atomic E-state index is -3.52. The number of aromatic nitrogens is 2. The number of benzene rings is 1. The summed E-state index contributed by atoms with van der Waals surface area (Å²) in [6.45, 7) is 0.245. The van der Waals surface area contributed by atoms with Crippen LogP contribution in [0, 0.1) is 0 Å². The fraction of sp³-hybridized carbons (Fsp3) is 0.182. The Morgan fingerprint density at radius 3 is 2.74 bits per heavy atom. The van der Waals surface area contributed by atoms with E-state index in [9.17, 15) is 8.42 Å². The molecule has 102 valence electrons. The van der Waals surface area contributed by atoms with Crippen molar-refractivity contribution >= 4 is 33.2 Å². The van der Waals surface area contributed by atoms with E-state index in [0.29, 0.717) is 16.5 Å². The first kappa shape index (κ1) is 14.3. The van der Waals surface area contributed by atoms with Gasteiger partial charge in [-0.2, -0.15) is 5.10 Å². The molecule has 0 bridgehead atoms. The second-order valence-corrected chi connectivity index (χ2v) is 6.43. The lowest BCUT2D eigenvalue weighted by atomic mass is 10.1. The number of hydrogen-bond donors (Lipinski definition) is 2. The van der Waals surface area contributed by atoms with Crippen molar-refractivity contribution in [1.82, 2.24) is 14.9 Å². The molecule has 0 saturated heterocycles. The maximum absolute atomic E-state index is 11.8. The van der Waals surface area contributed by atoms with E-state index >= 15 is 0 Å². The number of rotatable bonds is 5. The molecule has 8 heteroatoms. The van der Waals surface area contributed by atoms with Crippen molar-refractivity contribution in [2.45, 2.75) is 11.3 Å². The lowest BCUT2D eigenvalue weighted by Gasteiger charge is -2.06. The largest absolute Gasteiger partial charge is 0.284 e. The fourth-order valence-corrected chi connectivity index (χ4v) is 2.95. The monoisotopic (exact) mass is 319 g/mol. The Hall–Kier alpha value is -1.08. The van der Waals surface area contributed by atoms with Crippen molar-refractivity contribution in [3.8, 4) is 0 Å². The first-order valence-corrected chi connectivity index (χ1v) is 7.65. The summed E-state index contributed by atoms with van der Waals surface area (Å²) in [5.41, 5.74) is 0.834. The molecular weight excluding hydrogens is 309 g/mol. The summed E-state index contributed by atoms with van der Waals surface area (Å²) >= 11 is 11.8. The Kier molecular flexibility index (Phi) is 4.46. The smallest absolute Gasteiger partial charge is 0.243 e. The molecule has 0 spiro atoms. The van der Waals surface area contributed by atoms with Crippen LogP contribution in [0.4, 0.5) is 0 Å². The molecule has 0 aliphatic carbocycles. The van der Waals surface area contributed by atoms with Crippen molar-refractivity contribution in [1.29, 1.82) is 0 Å².